The molecule has 0 spiro atoms. The van der Waals surface area contributed by atoms with Crippen molar-refractivity contribution in [3.05, 3.63) is 28.8 Å². The second kappa shape index (κ2) is 6.38. The zero-order valence-corrected chi connectivity index (χ0v) is 9.22. The van der Waals surface area contributed by atoms with E-state index in [0.29, 0.717) is 5.69 Å². The molecule has 76 valence electrons. The number of aromatic nitrogens is 1. The molecule has 1 aromatic heterocycles. The topological polar surface area (TPSA) is 38.9 Å². The zero-order chi connectivity index (χ0) is 8.43. The Bertz CT molecular complexity index is 268. The van der Waals surface area contributed by atoms with Gasteiger partial charge in [0, 0.05) is 6.04 Å². The summed E-state index contributed by atoms with van der Waals surface area (Å²) in [5.41, 5.74) is 6.02. The summed E-state index contributed by atoms with van der Waals surface area (Å²) in [6.45, 7) is 1.74. The highest BCUT2D eigenvalue weighted by molar-refractivity contribution is 6.31. The van der Waals surface area contributed by atoms with E-state index in [9.17, 15) is 4.39 Å². The number of pyridine rings is 1. The molecule has 1 atom stereocenters. The monoisotopic (exact) mass is 246 g/mol. The minimum atomic E-state index is -0.445. The van der Waals surface area contributed by atoms with E-state index in [1.807, 2.05) is 0 Å². The molecular weight excluding hydrogens is 237 g/mol. The molecule has 1 rings (SSSR count). The first-order valence-electron chi connectivity index (χ1n) is 3.18. The highest BCUT2D eigenvalue weighted by Crippen LogP contribution is 2.18. The van der Waals surface area contributed by atoms with Gasteiger partial charge in [-0.1, -0.05) is 11.6 Å². The fraction of sp³-hybridized carbons (Fsp3) is 0.286. The van der Waals surface area contributed by atoms with Gasteiger partial charge in [0.2, 0.25) is 0 Å². The Morgan fingerprint density at radius 3 is 2.46 bits per heavy atom. The normalized spacial score (nSPS) is 11.1. The molecule has 0 aliphatic carbocycles. The van der Waals surface area contributed by atoms with E-state index in [2.05, 4.69) is 4.98 Å². The molecule has 0 aliphatic rings. The number of rotatable bonds is 1. The van der Waals surface area contributed by atoms with E-state index in [1.54, 1.807) is 6.92 Å². The minimum Gasteiger partial charge on any atom is -0.323 e. The smallest absolute Gasteiger partial charge is 0.142 e. The molecule has 6 heteroatoms. The van der Waals surface area contributed by atoms with Crippen LogP contribution in [0.15, 0.2) is 12.3 Å². The van der Waals surface area contributed by atoms with Gasteiger partial charge in [0.25, 0.3) is 0 Å². The average Bonchev–Trinajstić information content (AvgIpc) is 1.85. The summed E-state index contributed by atoms with van der Waals surface area (Å²) >= 11 is 5.64. The molecule has 0 aromatic carbocycles. The standard InChI is InChI=1S/C7H8ClFN2.2ClH/c1-4(10)7-6(8)2-5(9)3-11-7;;/h2-4H,10H2,1H3;2*1H/t4-;;/m0../s1. The third-order valence-corrected chi connectivity index (χ3v) is 1.57. The third-order valence-electron chi connectivity index (χ3n) is 1.27. The van der Waals surface area contributed by atoms with E-state index in [-0.39, 0.29) is 35.9 Å². The van der Waals surface area contributed by atoms with Gasteiger partial charge in [-0.05, 0) is 13.0 Å². The summed E-state index contributed by atoms with van der Waals surface area (Å²) in [6, 6.07) is 0.941. The number of hydrogen-bond donors (Lipinski definition) is 1. The van der Waals surface area contributed by atoms with Crippen LogP contribution < -0.4 is 5.73 Å². The summed E-state index contributed by atoms with van der Waals surface area (Å²) in [4.78, 5) is 3.75. The van der Waals surface area contributed by atoms with Crippen LogP contribution in [0.5, 0.6) is 0 Å². The molecule has 1 heterocycles. The largest absolute Gasteiger partial charge is 0.323 e. The molecule has 0 bridgehead atoms. The van der Waals surface area contributed by atoms with Gasteiger partial charge in [-0.3, -0.25) is 4.98 Å². The summed E-state index contributed by atoms with van der Waals surface area (Å²) < 4.78 is 12.4. The molecule has 13 heavy (non-hydrogen) atoms. The van der Waals surface area contributed by atoms with Crippen molar-refractivity contribution in [2.45, 2.75) is 13.0 Å². The van der Waals surface area contributed by atoms with Gasteiger partial charge < -0.3 is 5.73 Å². The highest BCUT2D eigenvalue weighted by Gasteiger charge is 2.06. The van der Waals surface area contributed by atoms with Gasteiger partial charge in [-0.15, -0.1) is 24.8 Å². The number of nitrogens with zero attached hydrogens (tertiary/aromatic N) is 1. The molecule has 0 aliphatic heterocycles. The van der Waals surface area contributed by atoms with Crippen molar-refractivity contribution in [3.63, 3.8) is 0 Å². The predicted octanol–water partition coefficient (Wildman–Crippen LogP) is 2.74. The van der Waals surface area contributed by atoms with Crippen molar-refractivity contribution >= 4 is 36.4 Å². The van der Waals surface area contributed by atoms with Gasteiger partial charge in [-0.2, -0.15) is 0 Å². The maximum absolute atomic E-state index is 12.4. The van der Waals surface area contributed by atoms with Crippen LogP contribution in [0.2, 0.25) is 5.02 Å². The maximum Gasteiger partial charge on any atom is 0.142 e. The van der Waals surface area contributed by atoms with Crippen molar-refractivity contribution in [2.24, 2.45) is 5.73 Å². The first-order chi connectivity index (χ1) is 5.11. The second-order valence-corrected chi connectivity index (χ2v) is 2.72. The van der Waals surface area contributed by atoms with Crippen molar-refractivity contribution in [3.8, 4) is 0 Å². The lowest BCUT2D eigenvalue weighted by molar-refractivity contribution is 0.616. The molecular formula is C7H10Cl3FN2. The van der Waals surface area contributed by atoms with Gasteiger partial charge >= 0.3 is 0 Å². The molecule has 0 saturated heterocycles. The van der Waals surface area contributed by atoms with Crippen LogP contribution in [-0.4, -0.2) is 4.98 Å². The van der Waals surface area contributed by atoms with Crippen LogP contribution in [0.3, 0.4) is 0 Å². The van der Waals surface area contributed by atoms with E-state index >= 15 is 0 Å². The molecule has 0 amide bonds. The number of nitrogens with two attached hydrogens (primary N) is 1. The Labute approximate surface area is 93.5 Å². The van der Waals surface area contributed by atoms with Crippen molar-refractivity contribution in [2.75, 3.05) is 0 Å². The Hall–Kier alpha value is -0.0900. The first-order valence-corrected chi connectivity index (χ1v) is 3.55. The molecule has 1 aromatic rings. The van der Waals surface area contributed by atoms with E-state index in [0.717, 1.165) is 6.20 Å². The van der Waals surface area contributed by atoms with Crippen LogP contribution in [0, 0.1) is 5.82 Å². The van der Waals surface area contributed by atoms with Crippen LogP contribution in [0.1, 0.15) is 18.7 Å². The van der Waals surface area contributed by atoms with Crippen LogP contribution in [0.25, 0.3) is 0 Å². The average molecular weight is 248 g/mol. The lowest BCUT2D eigenvalue weighted by Crippen LogP contribution is -2.08. The van der Waals surface area contributed by atoms with Gasteiger partial charge in [0.05, 0.1) is 16.9 Å². The minimum absolute atomic E-state index is 0. The van der Waals surface area contributed by atoms with Crippen molar-refractivity contribution in [1.29, 1.82) is 0 Å². The van der Waals surface area contributed by atoms with Crippen LogP contribution in [-0.2, 0) is 0 Å². The quantitative estimate of drug-likeness (QED) is 0.829. The molecule has 2 N–H and O–H groups in total. The van der Waals surface area contributed by atoms with Gasteiger partial charge in [0.15, 0.2) is 0 Å². The Balaban J connectivity index is 0. The highest BCUT2D eigenvalue weighted by atomic mass is 35.5. The maximum atomic E-state index is 12.4. The van der Waals surface area contributed by atoms with Gasteiger partial charge in [-0.25, -0.2) is 4.39 Å². The van der Waals surface area contributed by atoms with E-state index in [4.69, 9.17) is 17.3 Å². The Morgan fingerprint density at radius 2 is 2.08 bits per heavy atom. The fourth-order valence-electron chi connectivity index (χ4n) is 0.760. The van der Waals surface area contributed by atoms with Crippen LogP contribution >= 0.6 is 36.4 Å². The van der Waals surface area contributed by atoms with E-state index < -0.39 is 5.82 Å². The van der Waals surface area contributed by atoms with Crippen molar-refractivity contribution < 1.29 is 4.39 Å². The zero-order valence-electron chi connectivity index (χ0n) is 6.83. The molecule has 0 unspecified atom stereocenters. The predicted molar refractivity (Wildman–Crippen MR) is 56.3 cm³/mol. The van der Waals surface area contributed by atoms with Gasteiger partial charge in [0.1, 0.15) is 5.82 Å². The summed E-state index contributed by atoms with van der Waals surface area (Å²) in [5, 5.41) is 0.278. The molecule has 2 nitrogen and oxygen atoms in total. The SMILES string of the molecule is C[C@H](N)c1ncc(F)cc1Cl.Cl.Cl. The number of halogens is 4. The summed E-state index contributed by atoms with van der Waals surface area (Å²) in [6.07, 6.45) is 1.10. The van der Waals surface area contributed by atoms with Crippen LogP contribution in [0.4, 0.5) is 4.39 Å². The Kier molecular flexibility index (Phi) is 7.55. The molecule has 0 saturated carbocycles. The lowest BCUT2D eigenvalue weighted by Gasteiger charge is -2.05. The molecule has 0 fully saturated rings. The Morgan fingerprint density at radius 1 is 1.54 bits per heavy atom. The second-order valence-electron chi connectivity index (χ2n) is 2.31. The van der Waals surface area contributed by atoms with Crippen molar-refractivity contribution in [1.82, 2.24) is 4.98 Å². The number of hydrogen-bond acceptors (Lipinski definition) is 2. The summed E-state index contributed by atoms with van der Waals surface area (Å²) in [5.74, 6) is -0.445. The summed E-state index contributed by atoms with van der Waals surface area (Å²) in [7, 11) is 0. The lowest BCUT2D eigenvalue weighted by atomic mass is 10.2. The van der Waals surface area contributed by atoms with E-state index in [1.165, 1.54) is 6.07 Å². The third kappa shape index (κ3) is 4.09. The first kappa shape index (κ1) is 15.4. The molecule has 0 radical (unpaired) electrons. The fourth-order valence-corrected chi connectivity index (χ4v) is 1.09.